The second kappa shape index (κ2) is 13.0. The number of hydrogen-bond acceptors (Lipinski definition) is 9. The van der Waals surface area contributed by atoms with Gasteiger partial charge in [-0.3, -0.25) is 4.79 Å². The molecule has 0 unspecified atom stereocenters. The number of benzene rings is 2. The average Bonchev–Trinajstić information content (AvgIpc) is 3.28. The lowest BCUT2D eigenvalue weighted by molar-refractivity contribution is -0.137. The number of alkyl halides is 3. The van der Waals surface area contributed by atoms with Crippen molar-refractivity contribution in [3.8, 4) is 0 Å². The minimum atomic E-state index is -4.74. The molecule has 0 bridgehead atoms. The molecule has 0 spiro atoms. The van der Waals surface area contributed by atoms with E-state index in [1.807, 2.05) is 20.8 Å². The zero-order valence-corrected chi connectivity index (χ0v) is 27.3. The molecule has 2 aromatic carbocycles. The number of carbonyl (C=O) groups excluding carboxylic acids is 2. The maximum atomic E-state index is 13.8. The number of piperidine rings is 1. The van der Waals surface area contributed by atoms with Crippen LogP contribution in [0.25, 0.3) is 0 Å². The van der Waals surface area contributed by atoms with Crippen molar-refractivity contribution in [1.82, 2.24) is 14.9 Å². The Labute approximate surface area is 271 Å². The zero-order valence-electron chi connectivity index (χ0n) is 26.5. The lowest BCUT2D eigenvalue weighted by atomic mass is 9.96. The monoisotopic (exact) mass is 674 g/mol. The van der Waals surface area contributed by atoms with Crippen LogP contribution in [-0.2, 0) is 38.5 Å². The molecule has 15 heteroatoms. The first-order valence-electron chi connectivity index (χ1n) is 15.1. The van der Waals surface area contributed by atoms with Gasteiger partial charge in [0, 0.05) is 50.0 Å². The van der Waals surface area contributed by atoms with Gasteiger partial charge in [0.15, 0.2) is 9.84 Å². The van der Waals surface area contributed by atoms with Crippen molar-refractivity contribution < 1.29 is 35.9 Å². The van der Waals surface area contributed by atoms with E-state index in [9.17, 15) is 31.2 Å². The summed E-state index contributed by atoms with van der Waals surface area (Å²) in [5.74, 6) is -0.408. The number of nitrogens with zero attached hydrogens (tertiary/aromatic N) is 4. The minimum Gasteiger partial charge on any atom is -0.444 e. The SMILES string of the molecule is CC(C)(C)OC(=O)N1CCC(CN2C(=O)Cc3cc(Nc4ncc(C(F)(F)F)c(NCc5cccc(S(C)(=O)=O)c5)n4)ccc32)CC1. The number of likely N-dealkylation sites (tertiary alicyclic amines) is 1. The molecule has 2 aliphatic rings. The molecule has 252 valence electrons. The van der Waals surface area contributed by atoms with Gasteiger partial charge in [-0.15, -0.1) is 0 Å². The Morgan fingerprint density at radius 2 is 1.81 bits per heavy atom. The van der Waals surface area contributed by atoms with Gasteiger partial charge in [-0.1, -0.05) is 12.1 Å². The third-order valence-corrected chi connectivity index (χ3v) is 8.97. The highest BCUT2D eigenvalue weighted by Crippen LogP contribution is 2.36. The zero-order chi connectivity index (χ0) is 34.1. The van der Waals surface area contributed by atoms with Crippen LogP contribution < -0.4 is 15.5 Å². The fourth-order valence-electron chi connectivity index (χ4n) is 5.53. The van der Waals surface area contributed by atoms with Gasteiger partial charge in [0.1, 0.15) is 17.0 Å². The maximum absolute atomic E-state index is 13.8. The van der Waals surface area contributed by atoms with Crippen LogP contribution in [0.4, 0.5) is 41.1 Å². The first-order valence-corrected chi connectivity index (χ1v) is 17.0. The number of carbonyl (C=O) groups is 2. The van der Waals surface area contributed by atoms with Crippen LogP contribution in [0.5, 0.6) is 0 Å². The van der Waals surface area contributed by atoms with Gasteiger partial charge in [-0.05, 0) is 81.0 Å². The number of sulfone groups is 1. The van der Waals surface area contributed by atoms with Gasteiger partial charge >= 0.3 is 12.3 Å². The topological polar surface area (TPSA) is 134 Å². The number of ether oxygens (including phenoxy) is 1. The predicted molar refractivity (Wildman–Crippen MR) is 170 cm³/mol. The highest BCUT2D eigenvalue weighted by molar-refractivity contribution is 7.90. The maximum Gasteiger partial charge on any atom is 0.421 e. The molecule has 3 heterocycles. The molecule has 11 nitrogen and oxygen atoms in total. The van der Waals surface area contributed by atoms with E-state index in [0.717, 1.165) is 30.3 Å². The van der Waals surface area contributed by atoms with Crippen LogP contribution in [-0.4, -0.2) is 66.8 Å². The van der Waals surface area contributed by atoms with E-state index in [-0.39, 0.29) is 41.7 Å². The molecule has 3 aromatic rings. The van der Waals surface area contributed by atoms with E-state index in [4.69, 9.17) is 4.74 Å². The Kier molecular flexibility index (Phi) is 9.40. The molecule has 1 fully saturated rings. The van der Waals surface area contributed by atoms with Crippen molar-refractivity contribution in [3.63, 3.8) is 0 Å². The summed E-state index contributed by atoms with van der Waals surface area (Å²) < 4.78 is 70.6. The first kappa shape index (κ1) is 33.9. The molecule has 1 aromatic heterocycles. The standard InChI is InChI=1S/C32H37F3N6O5S/c1-31(2,3)46-30(43)40-12-10-20(11-13-40)19-41-26-9-8-23(15-22(26)16-27(41)42)38-29-37-18-25(32(33,34)35)28(39-29)36-17-21-6-5-7-24(14-21)47(4,44)45/h5-9,14-15,18,20H,10-13,16-17,19H2,1-4H3,(H2,36,37,38,39). The van der Waals surface area contributed by atoms with Gasteiger partial charge in [0.2, 0.25) is 11.9 Å². The van der Waals surface area contributed by atoms with Crippen molar-refractivity contribution in [2.45, 2.75) is 63.3 Å². The van der Waals surface area contributed by atoms with E-state index in [1.54, 1.807) is 34.1 Å². The van der Waals surface area contributed by atoms with Crippen LogP contribution in [0.15, 0.2) is 53.6 Å². The van der Waals surface area contributed by atoms with Crippen LogP contribution in [0.3, 0.4) is 0 Å². The first-order chi connectivity index (χ1) is 22.0. The van der Waals surface area contributed by atoms with Crippen LogP contribution >= 0.6 is 0 Å². The Morgan fingerprint density at radius 1 is 1.09 bits per heavy atom. The summed E-state index contributed by atoms with van der Waals surface area (Å²) >= 11 is 0. The van der Waals surface area contributed by atoms with Crippen LogP contribution in [0.2, 0.25) is 0 Å². The molecule has 0 aliphatic carbocycles. The number of fused-ring (bicyclic) bond motifs is 1. The van der Waals surface area contributed by atoms with Gasteiger partial charge in [0.25, 0.3) is 0 Å². The van der Waals surface area contributed by atoms with Gasteiger partial charge in [0.05, 0.1) is 11.3 Å². The molecule has 2 N–H and O–H groups in total. The molecular formula is C32H37F3N6O5S. The summed E-state index contributed by atoms with van der Waals surface area (Å²) in [6, 6.07) is 11.2. The van der Waals surface area contributed by atoms with Crippen molar-refractivity contribution in [2.24, 2.45) is 5.92 Å². The minimum absolute atomic E-state index is 0.0510. The molecule has 2 amide bonds. The highest BCUT2D eigenvalue weighted by Gasteiger charge is 2.36. The predicted octanol–water partition coefficient (Wildman–Crippen LogP) is 5.79. The van der Waals surface area contributed by atoms with E-state index >= 15 is 0 Å². The molecule has 0 radical (unpaired) electrons. The smallest absolute Gasteiger partial charge is 0.421 e. The van der Waals surface area contributed by atoms with Crippen LogP contribution in [0.1, 0.15) is 50.3 Å². The number of hydrogen-bond donors (Lipinski definition) is 2. The Bertz CT molecular complexity index is 1770. The van der Waals surface area contributed by atoms with Gasteiger partial charge in [-0.25, -0.2) is 18.2 Å². The molecule has 47 heavy (non-hydrogen) atoms. The molecule has 0 atom stereocenters. The Balaban J connectivity index is 1.25. The number of nitrogens with one attached hydrogen (secondary N) is 2. The molecular weight excluding hydrogens is 637 g/mol. The van der Waals surface area contributed by atoms with E-state index in [1.165, 1.54) is 18.2 Å². The van der Waals surface area contributed by atoms with E-state index in [2.05, 4.69) is 20.6 Å². The van der Waals surface area contributed by atoms with Crippen LogP contribution in [0, 0.1) is 5.92 Å². The summed E-state index contributed by atoms with van der Waals surface area (Å²) in [6.07, 6.45) is -1.69. The highest BCUT2D eigenvalue weighted by atomic mass is 32.2. The fraction of sp³-hybridized carbons (Fsp3) is 0.438. The molecule has 1 saturated heterocycles. The normalized spacial score (nSPS) is 15.9. The van der Waals surface area contributed by atoms with E-state index in [0.29, 0.717) is 37.1 Å². The number of halogens is 3. The molecule has 2 aliphatic heterocycles. The van der Waals surface area contributed by atoms with Crippen molar-refractivity contribution in [1.29, 1.82) is 0 Å². The Hall–Kier alpha value is -4.40. The Morgan fingerprint density at radius 3 is 2.47 bits per heavy atom. The van der Waals surface area contributed by atoms with Gasteiger partial charge < -0.3 is 25.2 Å². The number of aromatic nitrogens is 2. The second-order valence-electron chi connectivity index (χ2n) is 12.8. The lowest BCUT2D eigenvalue weighted by Gasteiger charge is -2.35. The van der Waals surface area contributed by atoms with Crippen molar-refractivity contribution >= 4 is 45.0 Å². The second-order valence-corrected chi connectivity index (χ2v) is 14.8. The summed E-state index contributed by atoms with van der Waals surface area (Å²) in [6.45, 7) is 6.99. The number of rotatable bonds is 8. The summed E-state index contributed by atoms with van der Waals surface area (Å²) in [5.41, 5.74) is 0.839. The molecule has 5 rings (SSSR count). The van der Waals surface area contributed by atoms with Gasteiger partial charge in [-0.2, -0.15) is 18.2 Å². The quantitative estimate of drug-likeness (QED) is 0.305. The third kappa shape index (κ3) is 8.50. The summed E-state index contributed by atoms with van der Waals surface area (Å²) in [7, 11) is -3.49. The molecule has 0 saturated carbocycles. The summed E-state index contributed by atoms with van der Waals surface area (Å²) in [5, 5.41) is 5.60. The third-order valence-electron chi connectivity index (χ3n) is 7.86. The van der Waals surface area contributed by atoms with Crippen molar-refractivity contribution in [2.75, 3.05) is 41.4 Å². The largest absolute Gasteiger partial charge is 0.444 e. The fourth-order valence-corrected chi connectivity index (χ4v) is 6.22. The van der Waals surface area contributed by atoms with E-state index < -0.39 is 33.0 Å². The number of amides is 2. The average molecular weight is 675 g/mol. The lowest BCUT2D eigenvalue weighted by Crippen LogP contribution is -2.44. The number of anilines is 4. The summed E-state index contributed by atoms with van der Waals surface area (Å²) in [4.78, 5) is 36.8. The van der Waals surface area contributed by atoms with Crippen molar-refractivity contribution in [3.05, 3.63) is 65.4 Å².